The minimum Gasteiger partial charge on any atom is -0.453 e. The van der Waals surface area contributed by atoms with E-state index in [0.717, 1.165) is 10.4 Å². The summed E-state index contributed by atoms with van der Waals surface area (Å²) in [6, 6.07) is 5.66. The van der Waals surface area contributed by atoms with E-state index in [1.165, 1.54) is 19.3 Å². The van der Waals surface area contributed by atoms with Gasteiger partial charge >= 0.3 is 0 Å². The fourth-order valence-corrected chi connectivity index (χ4v) is 2.89. The van der Waals surface area contributed by atoms with Crippen molar-refractivity contribution in [3.8, 4) is 0 Å². The largest absolute Gasteiger partial charge is 0.453 e. The van der Waals surface area contributed by atoms with E-state index in [9.17, 15) is 12.8 Å². The lowest BCUT2D eigenvalue weighted by Gasteiger charge is -2.15. The van der Waals surface area contributed by atoms with E-state index >= 15 is 0 Å². The van der Waals surface area contributed by atoms with Crippen LogP contribution in [0.15, 0.2) is 44.6 Å². The predicted octanol–water partition coefficient (Wildman–Crippen LogP) is 2.40. The number of hydrogen-bond acceptors (Lipinski definition) is 4. The average Bonchev–Trinajstić information content (AvgIpc) is 2.75. The maximum atomic E-state index is 13.5. The molecule has 2 aromatic heterocycles. The third-order valence-corrected chi connectivity index (χ3v) is 4.55. The molecule has 0 atom stereocenters. The Morgan fingerprint density at radius 2 is 2.16 bits per heavy atom. The van der Waals surface area contributed by atoms with Gasteiger partial charge in [-0.15, -0.1) is 0 Å². The molecule has 0 N–H and O–H groups in total. The molecule has 0 spiro atoms. The van der Waals surface area contributed by atoms with Gasteiger partial charge in [0, 0.05) is 13.2 Å². The normalized spacial score (nSPS) is 12.0. The maximum absolute atomic E-state index is 13.5. The maximum Gasteiger partial charge on any atom is 0.263 e. The number of halogens is 2. The first-order chi connectivity index (χ1) is 8.91. The summed E-state index contributed by atoms with van der Waals surface area (Å²) in [5.41, 5.74) is 0. The lowest BCUT2D eigenvalue weighted by Crippen LogP contribution is -2.27. The van der Waals surface area contributed by atoms with E-state index in [-0.39, 0.29) is 6.54 Å². The van der Waals surface area contributed by atoms with Crippen molar-refractivity contribution in [1.82, 2.24) is 9.29 Å². The summed E-state index contributed by atoms with van der Waals surface area (Å²) in [6.45, 7) is -0.00997. The van der Waals surface area contributed by atoms with Crippen LogP contribution < -0.4 is 0 Å². The third-order valence-electron chi connectivity index (χ3n) is 2.39. The van der Waals surface area contributed by atoms with Gasteiger partial charge in [-0.3, -0.25) is 0 Å². The van der Waals surface area contributed by atoms with Crippen molar-refractivity contribution in [3.63, 3.8) is 0 Å². The van der Waals surface area contributed by atoms with Crippen LogP contribution in [0.2, 0.25) is 0 Å². The summed E-state index contributed by atoms with van der Waals surface area (Å²) >= 11 is 3.12. The van der Waals surface area contributed by atoms with Crippen LogP contribution in [0.25, 0.3) is 0 Å². The number of aromatic nitrogens is 1. The van der Waals surface area contributed by atoms with E-state index in [1.54, 1.807) is 12.1 Å². The number of hydrogen-bond donors (Lipinski definition) is 0. The molecule has 0 amide bonds. The van der Waals surface area contributed by atoms with Crippen LogP contribution >= 0.6 is 15.9 Å². The van der Waals surface area contributed by atoms with Gasteiger partial charge in [-0.25, -0.2) is 17.8 Å². The standard InChI is InChI=1S/C11H10BrFN2O3S/c1-15(7-8-4-5-10(12)18-8)19(16,17)11-9(13)3-2-6-14-11/h2-6H,7H2,1H3. The average molecular weight is 349 g/mol. The topological polar surface area (TPSA) is 63.4 Å². The molecule has 0 aliphatic heterocycles. The van der Waals surface area contributed by atoms with Crippen molar-refractivity contribution in [1.29, 1.82) is 0 Å². The summed E-state index contributed by atoms with van der Waals surface area (Å²) in [5, 5.41) is -0.594. The molecule has 0 aromatic carbocycles. The number of rotatable bonds is 4. The van der Waals surface area contributed by atoms with Crippen molar-refractivity contribution in [2.45, 2.75) is 11.6 Å². The van der Waals surface area contributed by atoms with E-state index in [4.69, 9.17) is 4.42 Å². The minimum absolute atomic E-state index is 0.00997. The molecule has 0 unspecified atom stereocenters. The molecule has 2 heterocycles. The van der Waals surface area contributed by atoms with Crippen LogP contribution in [0, 0.1) is 5.82 Å². The SMILES string of the molecule is CN(Cc1ccc(Br)o1)S(=O)(=O)c1ncccc1F. The highest BCUT2D eigenvalue weighted by Crippen LogP contribution is 2.20. The fourth-order valence-electron chi connectivity index (χ4n) is 1.45. The lowest BCUT2D eigenvalue weighted by atomic mass is 10.4. The molecule has 0 bridgehead atoms. The highest BCUT2D eigenvalue weighted by molar-refractivity contribution is 9.10. The van der Waals surface area contributed by atoms with E-state index in [1.807, 2.05) is 0 Å². The number of sulfonamides is 1. The van der Waals surface area contributed by atoms with Gasteiger partial charge in [-0.05, 0) is 40.2 Å². The third kappa shape index (κ3) is 3.02. The minimum atomic E-state index is -3.99. The first-order valence-corrected chi connectivity index (χ1v) is 7.45. The first kappa shape index (κ1) is 14.2. The van der Waals surface area contributed by atoms with Crippen molar-refractivity contribution in [2.24, 2.45) is 0 Å². The molecule has 102 valence electrons. The number of pyridine rings is 1. The molecule has 0 radical (unpaired) electrons. The van der Waals surface area contributed by atoms with Crippen LogP contribution in [-0.2, 0) is 16.6 Å². The molecule has 2 aromatic rings. The monoisotopic (exact) mass is 348 g/mol. The Labute approximate surface area is 118 Å². The zero-order valence-corrected chi connectivity index (χ0v) is 12.3. The van der Waals surface area contributed by atoms with Crippen LogP contribution in [0.3, 0.4) is 0 Å². The molecular formula is C11H10BrFN2O3S. The number of furan rings is 1. The molecule has 0 saturated heterocycles. The molecule has 0 fully saturated rings. The summed E-state index contributed by atoms with van der Waals surface area (Å²) in [4.78, 5) is 3.57. The first-order valence-electron chi connectivity index (χ1n) is 5.22. The summed E-state index contributed by atoms with van der Waals surface area (Å²) in [5.74, 6) is -0.440. The van der Waals surface area contributed by atoms with Gasteiger partial charge in [0.05, 0.1) is 6.54 Å². The Morgan fingerprint density at radius 1 is 1.42 bits per heavy atom. The Kier molecular flexibility index (Phi) is 4.02. The van der Waals surface area contributed by atoms with Crippen LogP contribution in [-0.4, -0.2) is 24.8 Å². The van der Waals surface area contributed by atoms with E-state index in [0.29, 0.717) is 10.4 Å². The number of nitrogens with zero attached hydrogens (tertiary/aromatic N) is 2. The van der Waals surface area contributed by atoms with Crippen molar-refractivity contribution in [3.05, 3.63) is 46.7 Å². The Bertz CT molecular complexity index is 687. The molecular weight excluding hydrogens is 339 g/mol. The Hall–Kier alpha value is -1.25. The van der Waals surface area contributed by atoms with Gasteiger partial charge in [-0.1, -0.05) is 0 Å². The summed E-state index contributed by atoms with van der Waals surface area (Å²) in [7, 11) is -2.65. The molecule has 2 rings (SSSR count). The van der Waals surface area contributed by atoms with Crippen LogP contribution in [0.4, 0.5) is 4.39 Å². The fraction of sp³-hybridized carbons (Fsp3) is 0.182. The Morgan fingerprint density at radius 3 is 2.74 bits per heavy atom. The smallest absolute Gasteiger partial charge is 0.263 e. The molecule has 19 heavy (non-hydrogen) atoms. The van der Waals surface area contributed by atoms with Gasteiger partial charge in [0.15, 0.2) is 10.5 Å². The van der Waals surface area contributed by atoms with Crippen molar-refractivity contribution >= 4 is 26.0 Å². The second kappa shape index (κ2) is 5.40. The zero-order chi connectivity index (χ0) is 14.0. The zero-order valence-electron chi connectivity index (χ0n) is 9.88. The van der Waals surface area contributed by atoms with Crippen LogP contribution in [0.1, 0.15) is 5.76 Å². The van der Waals surface area contributed by atoms with Crippen molar-refractivity contribution < 1.29 is 17.2 Å². The van der Waals surface area contributed by atoms with Gasteiger partial charge in [-0.2, -0.15) is 4.31 Å². The van der Waals surface area contributed by atoms with Crippen LogP contribution in [0.5, 0.6) is 0 Å². The lowest BCUT2D eigenvalue weighted by molar-refractivity contribution is 0.394. The summed E-state index contributed by atoms with van der Waals surface area (Å²) in [6.07, 6.45) is 1.23. The highest BCUT2D eigenvalue weighted by atomic mass is 79.9. The quantitative estimate of drug-likeness (QED) is 0.850. The molecule has 0 aliphatic rings. The van der Waals surface area contributed by atoms with Gasteiger partial charge in [0.2, 0.25) is 5.03 Å². The van der Waals surface area contributed by atoms with E-state index < -0.39 is 20.9 Å². The predicted molar refractivity (Wildman–Crippen MR) is 69.3 cm³/mol. The summed E-state index contributed by atoms with van der Waals surface area (Å²) < 4.78 is 44.4. The van der Waals surface area contributed by atoms with E-state index in [2.05, 4.69) is 20.9 Å². The molecule has 0 saturated carbocycles. The van der Waals surface area contributed by atoms with Gasteiger partial charge in [0.1, 0.15) is 5.76 Å². The molecule has 0 aliphatic carbocycles. The molecule has 8 heteroatoms. The second-order valence-electron chi connectivity index (χ2n) is 3.76. The second-order valence-corrected chi connectivity index (χ2v) is 6.50. The molecule has 5 nitrogen and oxygen atoms in total. The van der Waals surface area contributed by atoms with Crippen molar-refractivity contribution in [2.75, 3.05) is 7.05 Å². The van der Waals surface area contributed by atoms with Gasteiger partial charge < -0.3 is 4.42 Å². The van der Waals surface area contributed by atoms with Gasteiger partial charge in [0.25, 0.3) is 10.0 Å². The Balaban J connectivity index is 2.27. The highest BCUT2D eigenvalue weighted by Gasteiger charge is 2.26.